The predicted molar refractivity (Wildman–Crippen MR) is 88.1 cm³/mol. The molecule has 2 aliphatic rings. The zero-order valence-corrected chi connectivity index (χ0v) is 13.9. The van der Waals surface area contributed by atoms with Crippen LogP contribution in [-0.4, -0.2) is 59.3 Å². The highest BCUT2D eigenvalue weighted by molar-refractivity contribution is 7.10. The molecular formula is C16H25N3O2S. The number of amides is 2. The van der Waals surface area contributed by atoms with Crippen molar-refractivity contribution in [3.05, 3.63) is 21.9 Å². The molecule has 1 aliphatic carbocycles. The number of rotatable bonds is 6. The molecule has 2 heterocycles. The number of thiophene rings is 1. The maximum atomic E-state index is 12.2. The molecule has 0 radical (unpaired) electrons. The number of carbonyl (C=O) groups excluding carboxylic acids is 1. The average Bonchev–Trinajstić information content (AvgIpc) is 3.26. The third-order valence-corrected chi connectivity index (χ3v) is 5.62. The smallest absolute Gasteiger partial charge is 0.317 e. The SMILES string of the molecule is CC(CNC(=O)N(CCO)C1CC1)N1CCc2sccc2C1. The largest absolute Gasteiger partial charge is 0.395 e. The number of carbonyl (C=O) groups is 1. The maximum absolute atomic E-state index is 12.2. The van der Waals surface area contributed by atoms with Gasteiger partial charge >= 0.3 is 6.03 Å². The van der Waals surface area contributed by atoms with E-state index in [4.69, 9.17) is 5.11 Å². The van der Waals surface area contributed by atoms with Crippen molar-refractivity contribution in [3.8, 4) is 0 Å². The fourth-order valence-electron chi connectivity index (χ4n) is 3.06. The van der Waals surface area contributed by atoms with E-state index in [0.29, 0.717) is 25.2 Å². The topological polar surface area (TPSA) is 55.8 Å². The van der Waals surface area contributed by atoms with Crippen LogP contribution in [0.15, 0.2) is 11.4 Å². The quantitative estimate of drug-likeness (QED) is 0.837. The predicted octanol–water partition coefficient (Wildman–Crippen LogP) is 1.66. The van der Waals surface area contributed by atoms with Crippen molar-refractivity contribution >= 4 is 17.4 Å². The van der Waals surface area contributed by atoms with E-state index in [2.05, 4.69) is 28.6 Å². The van der Waals surface area contributed by atoms with Gasteiger partial charge in [-0.05, 0) is 43.2 Å². The summed E-state index contributed by atoms with van der Waals surface area (Å²) in [4.78, 5) is 18.0. The number of aliphatic hydroxyl groups excluding tert-OH is 1. The van der Waals surface area contributed by atoms with Crippen LogP contribution in [0.25, 0.3) is 0 Å². The van der Waals surface area contributed by atoms with Gasteiger partial charge in [-0.15, -0.1) is 11.3 Å². The fourth-order valence-corrected chi connectivity index (χ4v) is 3.95. The Bertz CT molecular complexity index is 515. The molecule has 0 spiro atoms. The van der Waals surface area contributed by atoms with Crippen LogP contribution < -0.4 is 5.32 Å². The van der Waals surface area contributed by atoms with Crippen molar-refractivity contribution in [3.63, 3.8) is 0 Å². The first kappa shape index (κ1) is 15.8. The molecule has 2 N–H and O–H groups in total. The zero-order valence-electron chi connectivity index (χ0n) is 13.1. The van der Waals surface area contributed by atoms with Gasteiger partial charge in [0.1, 0.15) is 0 Å². The Morgan fingerprint density at radius 2 is 2.41 bits per heavy atom. The second kappa shape index (κ2) is 6.98. The van der Waals surface area contributed by atoms with E-state index in [1.165, 1.54) is 10.4 Å². The molecule has 1 aromatic heterocycles. The molecule has 122 valence electrons. The molecule has 0 aromatic carbocycles. The van der Waals surface area contributed by atoms with Crippen LogP contribution in [0.1, 0.15) is 30.2 Å². The first-order chi connectivity index (χ1) is 10.7. The summed E-state index contributed by atoms with van der Waals surface area (Å²) >= 11 is 1.85. The summed E-state index contributed by atoms with van der Waals surface area (Å²) in [6.45, 7) is 5.35. The highest BCUT2D eigenvalue weighted by Gasteiger charge is 2.32. The average molecular weight is 323 g/mol. The molecule has 1 fully saturated rings. The van der Waals surface area contributed by atoms with Crippen molar-refractivity contribution < 1.29 is 9.90 Å². The van der Waals surface area contributed by atoms with Crippen molar-refractivity contribution in [2.45, 2.75) is 44.8 Å². The van der Waals surface area contributed by atoms with Gasteiger partial charge in [-0.2, -0.15) is 0 Å². The van der Waals surface area contributed by atoms with Crippen molar-refractivity contribution in [2.75, 3.05) is 26.2 Å². The van der Waals surface area contributed by atoms with Gasteiger partial charge in [0.05, 0.1) is 6.61 Å². The van der Waals surface area contributed by atoms with Crippen molar-refractivity contribution in [2.24, 2.45) is 0 Å². The molecule has 1 aromatic rings. The minimum absolute atomic E-state index is 0.0309. The number of urea groups is 1. The summed E-state index contributed by atoms with van der Waals surface area (Å²) in [5.41, 5.74) is 1.44. The Morgan fingerprint density at radius 3 is 3.14 bits per heavy atom. The summed E-state index contributed by atoms with van der Waals surface area (Å²) in [5, 5.41) is 14.3. The number of hydrogen-bond acceptors (Lipinski definition) is 4. The lowest BCUT2D eigenvalue weighted by atomic mass is 10.1. The molecule has 2 amide bonds. The van der Waals surface area contributed by atoms with Gasteiger partial charge in [0.2, 0.25) is 0 Å². The lowest BCUT2D eigenvalue weighted by Crippen LogP contribution is -2.48. The molecule has 1 atom stereocenters. The molecule has 0 saturated heterocycles. The van der Waals surface area contributed by atoms with E-state index in [0.717, 1.165) is 32.4 Å². The van der Waals surface area contributed by atoms with E-state index in [1.54, 1.807) is 4.90 Å². The third kappa shape index (κ3) is 3.62. The highest BCUT2D eigenvalue weighted by Crippen LogP contribution is 2.27. The van der Waals surface area contributed by atoms with E-state index < -0.39 is 0 Å². The fraction of sp³-hybridized carbons (Fsp3) is 0.688. The van der Waals surface area contributed by atoms with Crippen molar-refractivity contribution in [1.82, 2.24) is 15.1 Å². The van der Waals surface area contributed by atoms with Gasteiger partial charge in [-0.3, -0.25) is 4.90 Å². The maximum Gasteiger partial charge on any atom is 0.317 e. The minimum atomic E-state index is -0.0309. The normalized spacial score (nSPS) is 19.5. The monoisotopic (exact) mass is 323 g/mol. The molecule has 22 heavy (non-hydrogen) atoms. The van der Waals surface area contributed by atoms with Gasteiger partial charge in [0, 0.05) is 43.1 Å². The third-order valence-electron chi connectivity index (χ3n) is 4.60. The van der Waals surface area contributed by atoms with Crippen LogP contribution in [0.4, 0.5) is 4.79 Å². The van der Waals surface area contributed by atoms with Crippen LogP contribution in [0.3, 0.4) is 0 Å². The number of hydrogen-bond donors (Lipinski definition) is 2. The van der Waals surface area contributed by atoms with Gasteiger partial charge in [0.25, 0.3) is 0 Å². The van der Waals surface area contributed by atoms with Crippen LogP contribution in [0.2, 0.25) is 0 Å². The summed E-state index contributed by atoms with van der Waals surface area (Å²) in [7, 11) is 0. The Balaban J connectivity index is 1.47. The first-order valence-electron chi connectivity index (χ1n) is 8.13. The second-order valence-electron chi connectivity index (χ2n) is 6.27. The number of nitrogens with one attached hydrogen (secondary N) is 1. The molecule has 1 aliphatic heterocycles. The Morgan fingerprint density at radius 1 is 1.59 bits per heavy atom. The van der Waals surface area contributed by atoms with Crippen LogP contribution in [0, 0.1) is 0 Å². The molecule has 1 unspecified atom stereocenters. The van der Waals surface area contributed by atoms with Crippen LogP contribution in [0.5, 0.6) is 0 Å². The van der Waals surface area contributed by atoms with Gasteiger partial charge in [-0.1, -0.05) is 0 Å². The number of fused-ring (bicyclic) bond motifs is 1. The number of nitrogens with zero attached hydrogens (tertiary/aromatic N) is 2. The first-order valence-corrected chi connectivity index (χ1v) is 9.01. The minimum Gasteiger partial charge on any atom is -0.395 e. The summed E-state index contributed by atoms with van der Waals surface area (Å²) in [5.74, 6) is 0. The summed E-state index contributed by atoms with van der Waals surface area (Å²) in [6, 6.07) is 2.85. The Labute approximate surface area is 135 Å². The Hall–Kier alpha value is -1.11. The lowest BCUT2D eigenvalue weighted by Gasteiger charge is -2.33. The van der Waals surface area contributed by atoms with Gasteiger partial charge in [-0.25, -0.2) is 4.79 Å². The van der Waals surface area contributed by atoms with E-state index in [9.17, 15) is 4.79 Å². The van der Waals surface area contributed by atoms with Gasteiger partial charge in [0.15, 0.2) is 0 Å². The summed E-state index contributed by atoms with van der Waals surface area (Å²) < 4.78 is 0. The van der Waals surface area contributed by atoms with Gasteiger partial charge < -0.3 is 15.3 Å². The zero-order chi connectivity index (χ0) is 15.5. The Kier molecular flexibility index (Phi) is 5.00. The number of aliphatic hydroxyl groups is 1. The second-order valence-corrected chi connectivity index (χ2v) is 7.27. The van der Waals surface area contributed by atoms with E-state index >= 15 is 0 Å². The molecule has 1 saturated carbocycles. The highest BCUT2D eigenvalue weighted by atomic mass is 32.1. The molecule has 3 rings (SSSR count). The lowest BCUT2D eigenvalue weighted by molar-refractivity contribution is 0.161. The molecular weight excluding hydrogens is 298 g/mol. The van der Waals surface area contributed by atoms with E-state index in [1.807, 2.05) is 11.3 Å². The molecule has 6 heteroatoms. The molecule has 0 bridgehead atoms. The van der Waals surface area contributed by atoms with Crippen LogP contribution in [-0.2, 0) is 13.0 Å². The van der Waals surface area contributed by atoms with Crippen molar-refractivity contribution in [1.29, 1.82) is 0 Å². The van der Waals surface area contributed by atoms with E-state index in [-0.39, 0.29) is 12.6 Å². The molecule has 5 nitrogen and oxygen atoms in total. The summed E-state index contributed by atoms with van der Waals surface area (Å²) in [6.07, 6.45) is 3.25. The van der Waals surface area contributed by atoms with Crippen LogP contribution >= 0.6 is 11.3 Å². The standard InChI is InChI=1S/C16H25N3O2S/c1-12(18-6-4-15-13(11-18)5-9-22-15)10-17-16(21)19(7-8-20)14-2-3-14/h5,9,12,14,20H,2-4,6-8,10-11H2,1H3,(H,17,21).